The molecule has 102 valence electrons. The van der Waals surface area contributed by atoms with E-state index in [2.05, 4.69) is 22.0 Å². The molecule has 19 heavy (non-hydrogen) atoms. The van der Waals surface area contributed by atoms with Crippen molar-refractivity contribution in [3.05, 3.63) is 40.4 Å². The van der Waals surface area contributed by atoms with Gasteiger partial charge in [0.1, 0.15) is 17.4 Å². The van der Waals surface area contributed by atoms with E-state index in [-0.39, 0.29) is 11.7 Å². The van der Waals surface area contributed by atoms with Crippen LogP contribution in [-0.4, -0.2) is 17.2 Å². The smallest absolute Gasteiger partial charge is 0.339 e. The third-order valence-corrected chi connectivity index (χ3v) is 3.66. The molecule has 0 bridgehead atoms. The second kappa shape index (κ2) is 6.75. The molecule has 1 N–H and O–H groups in total. The predicted octanol–water partition coefficient (Wildman–Crippen LogP) is 4.42. The van der Waals surface area contributed by atoms with E-state index in [4.69, 9.17) is 4.74 Å². The highest BCUT2D eigenvalue weighted by Crippen LogP contribution is 2.26. The van der Waals surface area contributed by atoms with Crippen LogP contribution in [0.15, 0.2) is 34.8 Å². The van der Waals surface area contributed by atoms with Gasteiger partial charge in [0, 0.05) is 4.47 Å². The Hall–Kier alpha value is -1.29. The van der Waals surface area contributed by atoms with Crippen molar-refractivity contribution in [1.82, 2.24) is 0 Å². The van der Waals surface area contributed by atoms with Gasteiger partial charge in [-0.05, 0) is 50.0 Å². The number of carboxylic acids is 1. The monoisotopic (exact) mass is 324 g/mol. The number of aromatic carboxylic acids is 1. The van der Waals surface area contributed by atoms with Gasteiger partial charge in [0.05, 0.1) is 0 Å². The fourth-order valence-corrected chi connectivity index (χ4v) is 2.50. The quantitative estimate of drug-likeness (QED) is 0.837. The molecule has 0 fully saturated rings. The number of halogens is 1. The minimum absolute atomic E-state index is 0.0345. The number of benzene rings is 1. The average molecular weight is 325 g/mol. The molecule has 4 heteroatoms. The molecule has 0 saturated carbocycles. The summed E-state index contributed by atoms with van der Waals surface area (Å²) >= 11 is 3.35. The highest BCUT2D eigenvalue weighted by Gasteiger charge is 2.15. The van der Waals surface area contributed by atoms with E-state index in [1.165, 1.54) is 12.8 Å². The summed E-state index contributed by atoms with van der Waals surface area (Å²) in [6.07, 6.45) is 9.69. The number of hydrogen-bond donors (Lipinski definition) is 1. The molecule has 0 aromatic heterocycles. The largest absolute Gasteiger partial charge is 0.485 e. The van der Waals surface area contributed by atoms with Crippen molar-refractivity contribution >= 4 is 21.9 Å². The first kappa shape index (κ1) is 14.1. The number of carboxylic acid groups (broad SMARTS) is 1. The molecule has 3 nitrogen and oxygen atoms in total. The van der Waals surface area contributed by atoms with Crippen LogP contribution in [-0.2, 0) is 0 Å². The lowest BCUT2D eigenvalue weighted by atomic mass is 10.0. The Morgan fingerprint density at radius 1 is 1.32 bits per heavy atom. The third-order valence-electron chi connectivity index (χ3n) is 3.16. The molecule has 1 aliphatic carbocycles. The summed E-state index contributed by atoms with van der Waals surface area (Å²) in [4.78, 5) is 11.2. The minimum atomic E-state index is -0.961. The van der Waals surface area contributed by atoms with Crippen molar-refractivity contribution in [1.29, 1.82) is 0 Å². The predicted molar refractivity (Wildman–Crippen MR) is 77.7 cm³/mol. The Morgan fingerprint density at radius 2 is 2.16 bits per heavy atom. The Kier molecular flexibility index (Phi) is 5.02. The van der Waals surface area contributed by atoms with Crippen molar-refractivity contribution in [3.63, 3.8) is 0 Å². The van der Waals surface area contributed by atoms with Crippen molar-refractivity contribution in [2.45, 2.75) is 38.2 Å². The van der Waals surface area contributed by atoms with Crippen LogP contribution in [0, 0.1) is 0 Å². The van der Waals surface area contributed by atoms with E-state index in [0.717, 1.165) is 23.7 Å². The van der Waals surface area contributed by atoms with Crippen LogP contribution < -0.4 is 4.74 Å². The molecule has 1 aromatic rings. The molecule has 2 rings (SSSR count). The molecule has 0 heterocycles. The zero-order valence-corrected chi connectivity index (χ0v) is 12.2. The average Bonchev–Trinajstić information content (AvgIpc) is 2.32. The highest BCUT2D eigenvalue weighted by molar-refractivity contribution is 9.10. The fraction of sp³-hybridized carbons (Fsp3) is 0.400. The van der Waals surface area contributed by atoms with Crippen LogP contribution in [0.5, 0.6) is 5.75 Å². The van der Waals surface area contributed by atoms with Gasteiger partial charge in [0.15, 0.2) is 0 Å². The maximum absolute atomic E-state index is 11.2. The lowest BCUT2D eigenvalue weighted by molar-refractivity contribution is 0.0690. The first-order valence-electron chi connectivity index (χ1n) is 6.53. The summed E-state index contributed by atoms with van der Waals surface area (Å²) in [6, 6.07) is 4.99. The number of rotatable bonds is 3. The van der Waals surface area contributed by atoms with Gasteiger partial charge in [-0.15, -0.1) is 0 Å². The molecular formula is C15H17BrO3. The van der Waals surface area contributed by atoms with Crippen LogP contribution >= 0.6 is 15.9 Å². The maximum atomic E-state index is 11.2. The molecule has 1 aromatic carbocycles. The van der Waals surface area contributed by atoms with Gasteiger partial charge in [-0.3, -0.25) is 0 Å². The minimum Gasteiger partial charge on any atom is -0.485 e. The van der Waals surface area contributed by atoms with Crippen LogP contribution in [0.25, 0.3) is 0 Å². The van der Waals surface area contributed by atoms with E-state index in [1.54, 1.807) is 18.2 Å². The van der Waals surface area contributed by atoms with Crippen molar-refractivity contribution < 1.29 is 14.6 Å². The molecule has 0 saturated heterocycles. The Bertz CT molecular complexity index is 482. The normalized spacial score (nSPS) is 21.2. The molecule has 1 aliphatic rings. The fourth-order valence-electron chi connectivity index (χ4n) is 2.16. The number of allylic oxidation sites excluding steroid dienone is 1. The zero-order valence-electron chi connectivity index (χ0n) is 10.6. The van der Waals surface area contributed by atoms with E-state index in [0.29, 0.717) is 5.75 Å². The van der Waals surface area contributed by atoms with Gasteiger partial charge in [-0.25, -0.2) is 4.79 Å². The van der Waals surface area contributed by atoms with Crippen LogP contribution in [0.3, 0.4) is 0 Å². The molecule has 1 unspecified atom stereocenters. The summed E-state index contributed by atoms with van der Waals surface area (Å²) in [6.45, 7) is 0. The molecular weight excluding hydrogens is 308 g/mol. The lowest BCUT2D eigenvalue weighted by Crippen LogP contribution is -2.16. The van der Waals surface area contributed by atoms with E-state index >= 15 is 0 Å². The van der Waals surface area contributed by atoms with Gasteiger partial charge in [0.25, 0.3) is 0 Å². The van der Waals surface area contributed by atoms with Gasteiger partial charge in [0.2, 0.25) is 0 Å². The summed E-state index contributed by atoms with van der Waals surface area (Å²) in [7, 11) is 0. The second-order valence-corrected chi connectivity index (χ2v) is 5.58. The van der Waals surface area contributed by atoms with E-state index < -0.39 is 5.97 Å². The zero-order chi connectivity index (χ0) is 13.7. The highest BCUT2D eigenvalue weighted by atomic mass is 79.9. The molecule has 0 spiro atoms. The first-order valence-corrected chi connectivity index (χ1v) is 7.32. The Balaban J connectivity index is 2.18. The Labute approximate surface area is 121 Å². The molecule has 0 amide bonds. The van der Waals surface area contributed by atoms with E-state index in [1.807, 2.05) is 6.08 Å². The van der Waals surface area contributed by atoms with Gasteiger partial charge < -0.3 is 9.84 Å². The maximum Gasteiger partial charge on any atom is 0.339 e. The number of carbonyl (C=O) groups is 1. The summed E-state index contributed by atoms with van der Waals surface area (Å²) in [5, 5.41) is 9.17. The van der Waals surface area contributed by atoms with Gasteiger partial charge in [-0.1, -0.05) is 28.4 Å². The van der Waals surface area contributed by atoms with Crippen molar-refractivity contribution in [2.24, 2.45) is 0 Å². The molecule has 0 aliphatic heterocycles. The van der Waals surface area contributed by atoms with Gasteiger partial charge in [-0.2, -0.15) is 0 Å². The summed E-state index contributed by atoms with van der Waals surface area (Å²) < 4.78 is 6.69. The van der Waals surface area contributed by atoms with Crippen molar-refractivity contribution in [3.8, 4) is 5.75 Å². The third kappa shape index (κ3) is 4.10. The van der Waals surface area contributed by atoms with E-state index in [9.17, 15) is 9.90 Å². The van der Waals surface area contributed by atoms with Crippen LogP contribution in [0.1, 0.15) is 42.5 Å². The SMILES string of the molecule is O=C(O)c1ccc(Br)cc1OC1/C=C/CCCCC1. The lowest BCUT2D eigenvalue weighted by Gasteiger charge is -2.19. The second-order valence-electron chi connectivity index (χ2n) is 4.67. The summed E-state index contributed by atoms with van der Waals surface area (Å²) in [5.74, 6) is -0.533. The first-order chi connectivity index (χ1) is 9.16. The van der Waals surface area contributed by atoms with Gasteiger partial charge >= 0.3 is 5.97 Å². The number of hydrogen-bond acceptors (Lipinski definition) is 2. The molecule has 0 radical (unpaired) electrons. The topological polar surface area (TPSA) is 46.5 Å². The van der Waals surface area contributed by atoms with Crippen LogP contribution in [0.4, 0.5) is 0 Å². The molecule has 1 atom stereocenters. The number of ether oxygens (including phenoxy) is 1. The summed E-state index contributed by atoms with van der Waals surface area (Å²) in [5.41, 5.74) is 0.207. The van der Waals surface area contributed by atoms with Crippen LogP contribution in [0.2, 0.25) is 0 Å². The standard InChI is InChI=1S/C15H17BrO3/c16-11-8-9-13(15(17)18)14(10-11)19-12-6-4-2-1-3-5-7-12/h4,6,8-10,12H,1-3,5,7H2,(H,17,18)/b6-4+. The van der Waals surface area contributed by atoms with Crippen molar-refractivity contribution in [2.75, 3.05) is 0 Å². The Morgan fingerprint density at radius 3 is 2.95 bits per heavy atom.